The fourth-order valence-electron chi connectivity index (χ4n) is 2.71. The van der Waals surface area contributed by atoms with E-state index in [1.165, 1.54) is 0 Å². The topological polar surface area (TPSA) is 51.2 Å². The molecule has 0 aliphatic rings. The highest BCUT2D eigenvalue weighted by Crippen LogP contribution is 2.18. The Morgan fingerprint density at radius 3 is 2.86 bits per heavy atom. The Kier molecular flexibility index (Phi) is 4.06. The highest BCUT2D eigenvalue weighted by molar-refractivity contribution is 5.75. The van der Waals surface area contributed by atoms with Gasteiger partial charge in [-0.15, -0.1) is 0 Å². The minimum absolute atomic E-state index is 0.405. The maximum Gasteiger partial charge on any atom is 0.112 e. The number of aliphatic hydroxyl groups excluding tert-OH is 1. The minimum Gasteiger partial charge on any atom is -0.469 e. The first-order chi connectivity index (χ1) is 10.3. The molecule has 0 amide bonds. The molecule has 110 valence electrons. The number of imidazole rings is 1. The van der Waals surface area contributed by atoms with Crippen LogP contribution in [0.3, 0.4) is 0 Å². The SMILES string of the molecule is CCn1c(CC(O)CCc2ccco2)nc2ccccc21. The van der Waals surface area contributed by atoms with E-state index in [1.807, 2.05) is 30.3 Å². The molecule has 0 aliphatic heterocycles. The molecule has 0 aliphatic carbocycles. The summed E-state index contributed by atoms with van der Waals surface area (Å²) in [6, 6.07) is 11.9. The zero-order chi connectivity index (χ0) is 14.7. The summed E-state index contributed by atoms with van der Waals surface area (Å²) in [5.41, 5.74) is 2.13. The first kappa shape index (κ1) is 13.9. The number of aryl methyl sites for hydroxylation is 2. The molecule has 1 aromatic carbocycles. The van der Waals surface area contributed by atoms with Gasteiger partial charge in [0.15, 0.2) is 0 Å². The third-order valence-electron chi connectivity index (χ3n) is 3.77. The number of nitrogens with zero attached hydrogens (tertiary/aromatic N) is 2. The molecule has 4 heteroatoms. The summed E-state index contributed by atoms with van der Waals surface area (Å²) in [6.07, 6.45) is 3.26. The summed E-state index contributed by atoms with van der Waals surface area (Å²) in [6.45, 7) is 2.97. The van der Waals surface area contributed by atoms with Crippen LogP contribution < -0.4 is 0 Å². The molecule has 1 N–H and O–H groups in total. The number of furan rings is 1. The second kappa shape index (κ2) is 6.14. The predicted molar refractivity (Wildman–Crippen MR) is 82.1 cm³/mol. The monoisotopic (exact) mass is 284 g/mol. The zero-order valence-electron chi connectivity index (χ0n) is 12.2. The summed E-state index contributed by atoms with van der Waals surface area (Å²) >= 11 is 0. The second-order valence-electron chi connectivity index (χ2n) is 5.24. The number of hydrogen-bond donors (Lipinski definition) is 1. The Labute approximate surface area is 124 Å². The van der Waals surface area contributed by atoms with Crippen molar-refractivity contribution >= 4 is 11.0 Å². The van der Waals surface area contributed by atoms with E-state index in [1.54, 1.807) is 6.26 Å². The van der Waals surface area contributed by atoms with Crippen LogP contribution in [0.15, 0.2) is 47.1 Å². The van der Waals surface area contributed by atoms with E-state index >= 15 is 0 Å². The number of para-hydroxylation sites is 2. The Morgan fingerprint density at radius 1 is 1.24 bits per heavy atom. The number of hydrogen-bond acceptors (Lipinski definition) is 3. The van der Waals surface area contributed by atoms with Crippen LogP contribution in [0, 0.1) is 0 Å². The molecule has 3 rings (SSSR count). The third-order valence-corrected chi connectivity index (χ3v) is 3.77. The van der Waals surface area contributed by atoms with Crippen LogP contribution in [0.4, 0.5) is 0 Å². The van der Waals surface area contributed by atoms with Crippen molar-refractivity contribution in [3.8, 4) is 0 Å². The van der Waals surface area contributed by atoms with E-state index in [9.17, 15) is 5.11 Å². The van der Waals surface area contributed by atoms with Crippen LogP contribution in [0.2, 0.25) is 0 Å². The van der Waals surface area contributed by atoms with Gasteiger partial charge < -0.3 is 14.1 Å². The van der Waals surface area contributed by atoms with E-state index in [0.29, 0.717) is 12.8 Å². The largest absolute Gasteiger partial charge is 0.469 e. The van der Waals surface area contributed by atoms with Crippen molar-refractivity contribution in [1.82, 2.24) is 9.55 Å². The molecule has 0 fully saturated rings. The first-order valence-electron chi connectivity index (χ1n) is 7.42. The van der Waals surface area contributed by atoms with Gasteiger partial charge in [0, 0.05) is 19.4 Å². The lowest BCUT2D eigenvalue weighted by molar-refractivity contribution is 0.159. The summed E-state index contributed by atoms with van der Waals surface area (Å²) in [5.74, 6) is 1.86. The zero-order valence-corrected chi connectivity index (χ0v) is 12.2. The fraction of sp³-hybridized carbons (Fsp3) is 0.353. The van der Waals surface area contributed by atoms with Gasteiger partial charge in [-0.25, -0.2) is 4.98 Å². The molecule has 0 spiro atoms. The van der Waals surface area contributed by atoms with Gasteiger partial charge in [0.1, 0.15) is 11.6 Å². The van der Waals surface area contributed by atoms with E-state index in [2.05, 4.69) is 22.5 Å². The maximum absolute atomic E-state index is 10.3. The van der Waals surface area contributed by atoms with Crippen LogP contribution in [0.5, 0.6) is 0 Å². The molecule has 1 atom stereocenters. The van der Waals surface area contributed by atoms with Crippen LogP contribution in [-0.2, 0) is 19.4 Å². The van der Waals surface area contributed by atoms with Crippen molar-refractivity contribution in [2.75, 3.05) is 0 Å². The molecule has 3 aromatic rings. The van der Waals surface area contributed by atoms with Crippen molar-refractivity contribution in [1.29, 1.82) is 0 Å². The molecular weight excluding hydrogens is 264 g/mol. The van der Waals surface area contributed by atoms with Crippen molar-refractivity contribution in [3.05, 3.63) is 54.2 Å². The predicted octanol–water partition coefficient (Wildman–Crippen LogP) is 3.19. The van der Waals surface area contributed by atoms with Crippen molar-refractivity contribution in [2.45, 2.75) is 38.8 Å². The summed E-state index contributed by atoms with van der Waals surface area (Å²) < 4.78 is 7.47. The number of benzene rings is 1. The van der Waals surface area contributed by atoms with E-state index in [4.69, 9.17) is 4.42 Å². The molecule has 2 aromatic heterocycles. The van der Waals surface area contributed by atoms with Gasteiger partial charge in [0.2, 0.25) is 0 Å². The Bertz CT molecular complexity index is 701. The highest BCUT2D eigenvalue weighted by Gasteiger charge is 2.14. The lowest BCUT2D eigenvalue weighted by Crippen LogP contribution is -2.15. The van der Waals surface area contributed by atoms with Gasteiger partial charge in [-0.3, -0.25) is 0 Å². The van der Waals surface area contributed by atoms with Gasteiger partial charge in [0.25, 0.3) is 0 Å². The van der Waals surface area contributed by atoms with Crippen LogP contribution in [-0.4, -0.2) is 20.8 Å². The first-order valence-corrected chi connectivity index (χ1v) is 7.42. The summed E-state index contributed by atoms with van der Waals surface area (Å²) in [7, 11) is 0. The molecule has 0 radical (unpaired) electrons. The van der Waals surface area contributed by atoms with E-state index in [0.717, 1.165) is 35.6 Å². The third kappa shape index (κ3) is 3.00. The fourth-order valence-corrected chi connectivity index (χ4v) is 2.71. The average molecular weight is 284 g/mol. The second-order valence-corrected chi connectivity index (χ2v) is 5.24. The molecule has 0 bridgehead atoms. The summed E-state index contributed by atoms with van der Waals surface area (Å²) in [4.78, 5) is 4.65. The quantitative estimate of drug-likeness (QED) is 0.756. The van der Waals surface area contributed by atoms with Crippen molar-refractivity contribution in [3.63, 3.8) is 0 Å². The number of fused-ring (bicyclic) bond motifs is 1. The van der Waals surface area contributed by atoms with Crippen molar-refractivity contribution < 1.29 is 9.52 Å². The van der Waals surface area contributed by atoms with Gasteiger partial charge in [-0.1, -0.05) is 12.1 Å². The average Bonchev–Trinajstić information content (AvgIpc) is 3.12. The normalized spacial score (nSPS) is 12.9. The van der Waals surface area contributed by atoms with E-state index in [-0.39, 0.29) is 0 Å². The maximum atomic E-state index is 10.3. The number of aromatic nitrogens is 2. The summed E-state index contributed by atoms with van der Waals surface area (Å²) in [5, 5.41) is 10.3. The smallest absolute Gasteiger partial charge is 0.112 e. The van der Waals surface area contributed by atoms with Gasteiger partial charge >= 0.3 is 0 Å². The Hall–Kier alpha value is -2.07. The standard InChI is InChI=1S/C17H20N2O2/c1-2-19-16-8-4-3-7-15(16)18-17(19)12-13(20)9-10-14-6-5-11-21-14/h3-8,11,13,20H,2,9-10,12H2,1H3. The lowest BCUT2D eigenvalue weighted by Gasteiger charge is -2.11. The van der Waals surface area contributed by atoms with Gasteiger partial charge in [0.05, 0.1) is 23.4 Å². The molecule has 0 saturated heterocycles. The highest BCUT2D eigenvalue weighted by atomic mass is 16.3. The van der Waals surface area contributed by atoms with Crippen LogP contribution in [0.1, 0.15) is 24.9 Å². The number of aliphatic hydroxyl groups is 1. The molecule has 4 nitrogen and oxygen atoms in total. The van der Waals surface area contributed by atoms with Gasteiger partial charge in [-0.2, -0.15) is 0 Å². The molecule has 21 heavy (non-hydrogen) atoms. The molecule has 1 unspecified atom stereocenters. The van der Waals surface area contributed by atoms with Gasteiger partial charge in [-0.05, 0) is 37.6 Å². The number of rotatable bonds is 6. The lowest BCUT2D eigenvalue weighted by atomic mass is 10.1. The van der Waals surface area contributed by atoms with Crippen LogP contribution in [0.25, 0.3) is 11.0 Å². The molecule has 0 saturated carbocycles. The Balaban J connectivity index is 1.71. The molecule has 2 heterocycles. The van der Waals surface area contributed by atoms with Crippen LogP contribution >= 0.6 is 0 Å². The molecular formula is C17H20N2O2. The minimum atomic E-state index is -0.405. The Morgan fingerprint density at radius 2 is 2.10 bits per heavy atom. The van der Waals surface area contributed by atoms with E-state index < -0.39 is 6.10 Å². The van der Waals surface area contributed by atoms with Crippen molar-refractivity contribution in [2.24, 2.45) is 0 Å².